The first-order chi connectivity index (χ1) is 9.89. The molecule has 2 rings (SSSR count). The Labute approximate surface area is 134 Å². The number of halogens is 2. The predicted octanol–water partition coefficient (Wildman–Crippen LogP) is 5.87. The molecule has 0 spiro atoms. The van der Waals surface area contributed by atoms with Gasteiger partial charge in [-0.2, -0.15) is 0 Å². The third-order valence-electron chi connectivity index (χ3n) is 2.87. The molecular weight excluding hydrogens is 328 g/mol. The fourth-order valence-corrected chi connectivity index (χ4v) is 3.53. The van der Waals surface area contributed by atoms with Crippen LogP contribution in [0.2, 0.25) is 10.0 Å². The fraction of sp³-hybridized carbons (Fsp3) is 0.200. The van der Waals surface area contributed by atoms with Gasteiger partial charge in [0.25, 0.3) is 0 Å². The van der Waals surface area contributed by atoms with Gasteiger partial charge in [0.1, 0.15) is 5.75 Å². The van der Waals surface area contributed by atoms with Crippen LogP contribution in [0.3, 0.4) is 0 Å². The van der Waals surface area contributed by atoms with Gasteiger partial charge in [-0.3, -0.25) is 4.57 Å². The molecule has 0 saturated carbocycles. The number of anilines is 1. The molecule has 0 saturated heterocycles. The largest absolute Gasteiger partial charge is 0.429 e. The molecule has 1 atom stereocenters. The summed E-state index contributed by atoms with van der Waals surface area (Å²) in [6.07, 6.45) is 0.947. The van der Waals surface area contributed by atoms with Crippen molar-refractivity contribution in [2.75, 3.05) is 11.8 Å². The number of aryl methyl sites for hydroxylation is 1. The van der Waals surface area contributed by atoms with Crippen molar-refractivity contribution in [1.29, 1.82) is 0 Å². The highest BCUT2D eigenvalue weighted by molar-refractivity contribution is 7.60. The molecule has 0 radical (unpaired) electrons. The Hall–Kier alpha value is -1.15. The minimum Gasteiger partial charge on any atom is -0.429 e. The topological polar surface area (TPSA) is 38.3 Å². The second kappa shape index (κ2) is 6.74. The summed E-state index contributed by atoms with van der Waals surface area (Å²) in [5.41, 5.74) is 1.72. The van der Waals surface area contributed by atoms with Crippen molar-refractivity contribution in [2.24, 2.45) is 0 Å². The van der Waals surface area contributed by atoms with Crippen LogP contribution in [-0.2, 0) is 11.0 Å². The zero-order chi connectivity index (χ0) is 15.5. The van der Waals surface area contributed by atoms with Gasteiger partial charge in [0, 0.05) is 11.7 Å². The van der Waals surface area contributed by atoms with Crippen molar-refractivity contribution in [1.82, 2.24) is 0 Å². The van der Waals surface area contributed by atoms with Crippen LogP contribution in [0.4, 0.5) is 5.69 Å². The lowest BCUT2D eigenvalue weighted by Crippen LogP contribution is -2.02. The normalized spacial score (nSPS) is 13.5. The molecule has 0 amide bonds. The average molecular weight is 344 g/mol. The van der Waals surface area contributed by atoms with E-state index in [0.29, 0.717) is 21.5 Å². The Bertz CT molecular complexity index is 674. The monoisotopic (exact) mass is 343 g/mol. The van der Waals surface area contributed by atoms with Crippen molar-refractivity contribution >= 4 is 36.4 Å². The maximum absolute atomic E-state index is 12.5. The van der Waals surface area contributed by atoms with E-state index in [1.54, 1.807) is 30.3 Å². The highest BCUT2D eigenvalue weighted by Gasteiger charge is 2.18. The first-order valence-electron chi connectivity index (χ1n) is 6.49. The molecular formula is C15H16Cl2NO2P. The highest BCUT2D eigenvalue weighted by Crippen LogP contribution is 2.45. The number of nitrogens with one attached hydrogen (secondary N) is 1. The maximum atomic E-state index is 12.5. The molecule has 6 heteroatoms. The molecule has 2 aromatic carbocycles. The fourth-order valence-electron chi connectivity index (χ4n) is 1.81. The van der Waals surface area contributed by atoms with Gasteiger partial charge in [-0.15, -0.1) is 0 Å². The number of benzene rings is 2. The van der Waals surface area contributed by atoms with E-state index in [1.165, 1.54) is 12.2 Å². The van der Waals surface area contributed by atoms with Crippen molar-refractivity contribution in [2.45, 2.75) is 13.3 Å². The van der Waals surface area contributed by atoms with Gasteiger partial charge in [0.05, 0.1) is 10.7 Å². The van der Waals surface area contributed by atoms with Gasteiger partial charge in [0.2, 0.25) is 0 Å². The second-order valence-electron chi connectivity index (χ2n) is 4.67. The van der Waals surface area contributed by atoms with E-state index < -0.39 is 7.52 Å². The first-order valence-corrected chi connectivity index (χ1v) is 9.32. The molecule has 0 aromatic heterocycles. The summed E-state index contributed by atoms with van der Waals surface area (Å²) in [5.74, 6) is 0.551. The molecule has 0 aliphatic rings. The van der Waals surface area contributed by atoms with E-state index in [0.717, 1.165) is 6.42 Å². The molecule has 112 valence electrons. The third kappa shape index (κ3) is 4.67. The summed E-state index contributed by atoms with van der Waals surface area (Å²) >= 11 is 11.9. The molecule has 2 aromatic rings. The number of hydrogen-bond acceptors (Lipinski definition) is 2. The van der Waals surface area contributed by atoms with Crippen LogP contribution >= 0.6 is 30.7 Å². The van der Waals surface area contributed by atoms with Crippen LogP contribution in [0.15, 0.2) is 42.5 Å². The Morgan fingerprint density at radius 2 is 1.81 bits per heavy atom. The minimum atomic E-state index is -3.08. The maximum Gasteiger partial charge on any atom is 0.338 e. The molecule has 1 N–H and O–H groups in total. The quantitative estimate of drug-likeness (QED) is 0.690. The van der Waals surface area contributed by atoms with Crippen LogP contribution in [0.25, 0.3) is 0 Å². The smallest absolute Gasteiger partial charge is 0.338 e. The molecule has 0 fully saturated rings. The zero-order valence-electron chi connectivity index (χ0n) is 11.8. The van der Waals surface area contributed by atoms with Gasteiger partial charge >= 0.3 is 7.52 Å². The van der Waals surface area contributed by atoms with E-state index in [4.69, 9.17) is 27.7 Å². The van der Waals surface area contributed by atoms with Crippen LogP contribution in [0.1, 0.15) is 12.5 Å². The Morgan fingerprint density at radius 3 is 2.38 bits per heavy atom. The zero-order valence-corrected chi connectivity index (χ0v) is 14.2. The summed E-state index contributed by atoms with van der Waals surface area (Å²) in [6, 6.07) is 12.4. The van der Waals surface area contributed by atoms with Crippen LogP contribution in [-0.4, -0.2) is 6.66 Å². The standard InChI is InChI=1S/C15H16Cl2NO2P/c1-3-11-4-7-13(8-5-11)20-21(2,19)18-15-9-6-12(16)10-14(15)17/h4-10H,3H2,1-2H3,(H,18,19)/t21-/m0/s1. The first kappa shape index (κ1) is 16.2. The summed E-state index contributed by atoms with van der Waals surface area (Å²) < 4.78 is 18.1. The predicted molar refractivity (Wildman–Crippen MR) is 90.1 cm³/mol. The van der Waals surface area contributed by atoms with Crippen molar-refractivity contribution in [3.8, 4) is 5.75 Å². The molecule has 0 heterocycles. The SMILES string of the molecule is CCc1ccc(O[P@](C)(=O)Nc2ccc(Cl)cc2Cl)cc1. The molecule has 3 nitrogen and oxygen atoms in total. The van der Waals surface area contributed by atoms with E-state index >= 15 is 0 Å². The van der Waals surface area contributed by atoms with Crippen LogP contribution in [0, 0.1) is 0 Å². The van der Waals surface area contributed by atoms with Gasteiger partial charge in [-0.05, 0) is 42.3 Å². The van der Waals surface area contributed by atoms with E-state index in [1.807, 2.05) is 12.1 Å². The Kier molecular flexibility index (Phi) is 5.21. The summed E-state index contributed by atoms with van der Waals surface area (Å²) in [4.78, 5) is 0. The Balaban J connectivity index is 2.12. The minimum absolute atomic E-state index is 0.398. The lowest BCUT2D eigenvalue weighted by atomic mass is 10.2. The van der Waals surface area contributed by atoms with Crippen LogP contribution in [0.5, 0.6) is 5.75 Å². The van der Waals surface area contributed by atoms with Crippen molar-refractivity contribution in [3.63, 3.8) is 0 Å². The van der Waals surface area contributed by atoms with Gasteiger partial charge in [0.15, 0.2) is 0 Å². The molecule has 21 heavy (non-hydrogen) atoms. The highest BCUT2D eigenvalue weighted by atomic mass is 35.5. The molecule has 0 unspecified atom stereocenters. The van der Waals surface area contributed by atoms with E-state index in [-0.39, 0.29) is 0 Å². The van der Waals surface area contributed by atoms with E-state index in [9.17, 15) is 4.57 Å². The van der Waals surface area contributed by atoms with Gasteiger partial charge in [-0.25, -0.2) is 0 Å². The third-order valence-corrected chi connectivity index (χ3v) is 4.62. The summed E-state index contributed by atoms with van der Waals surface area (Å²) in [7, 11) is -3.08. The van der Waals surface area contributed by atoms with E-state index in [2.05, 4.69) is 12.0 Å². The van der Waals surface area contributed by atoms with Crippen LogP contribution < -0.4 is 9.61 Å². The molecule has 0 bridgehead atoms. The lowest BCUT2D eigenvalue weighted by Gasteiger charge is -2.18. The van der Waals surface area contributed by atoms with Crippen molar-refractivity contribution < 1.29 is 9.09 Å². The van der Waals surface area contributed by atoms with Gasteiger partial charge in [-0.1, -0.05) is 42.3 Å². The molecule has 0 aliphatic heterocycles. The Morgan fingerprint density at radius 1 is 1.14 bits per heavy atom. The number of rotatable bonds is 5. The average Bonchev–Trinajstić information content (AvgIpc) is 2.42. The second-order valence-corrected chi connectivity index (χ2v) is 7.61. The lowest BCUT2D eigenvalue weighted by molar-refractivity contribution is 0.493. The van der Waals surface area contributed by atoms with Gasteiger partial charge < -0.3 is 9.61 Å². The number of hydrogen-bond donors (Lipinski definition) is 1. The van der Waals surface area contributed by atoms with Crippen molar-refractivity contribution in [3.05, 3.63) is 58.1 Å². The summed E-state index contributed by atoms with van der Waals surface area (Å²) in [6.45, 7) is 3.58. The summed E-state index contributed by atoms with van der Waals surface area (Å²) in [5, 5.41) is 3.75. The molecule has 0 aliphatic carbocycles.